The van der Waals surface area contributed by atoms with Crippen LogP contribution < -0.4 is 15.0 Å². The first-order chi connectivity index (χ1) is 21.6. The molecule has 2 atom stereocenters. The number of benzene rings is 1. The monoisotopic (exact) mass is 660 g/mol. The van der Waals surface area contributed by atoms with E-state index in [2.05, 4.69) is 15.2 Å². The number of methoxy groups -OCH3 is 2. The second-order valence-corrected chi connectivity index (χ2v) is 10.4. The fourth-order valence-electron chi connectivity index (χ4n) is 5.17. The molecule has 2 aromatic rings. The highest BCUT2D eigenvalue weighted by atomic mass is 35.5. The zero-order chi connectivity index (χ0) is 32.5. The minimum absolute atomic E-state index is 0. The Morgan fingerprint density at radius 3 is 2.17 bits per heavy atom. The Labute approximate surface area is 272 Å². The number of ether oxygens (including phenoxy) is 2. The molecule has 0 aliphatic carbocycles. The molecule has 3 heterocycles. The highest BCUT2D eigenvalue weighted by Crippen LogP contribution is 2.20. The van der Waals surface area contributed by atoms with Crippen molar-refractivity contribution in [3.63, 3.8) is 0 Å². The number of nitrogens with zero attached hydrogens (tertiary/aromatic N) is 5. The van der Waals surface area contributed by atoms with E-state index >= 15 is 0 Å². The number of rotatable bonds is 10. The maximum absolute atomic E-state index is 14.1. The molecule has 2 aliphatic rings. The first-order valence-corrected chi connectivity index (χ1v) is 14.4. The number of nitrogens with one attached hydrogen (secondary N) is 1. The van der Waals surface area contributed by atoms with Crippen molar-refractivity contribution >= 4 is 53.7 Å². The molecule has 46 heavy (non-hydrogen) atoms. The number of hydroxylamine groups is 2. The van der Waals surface area contributed by atoms with Gasteiger partial charge in [0.25, 0.3) is 11.8 Å². The van der Waals surface area contributed by atoms with Gasteiger partial charge in [0.05, 0.1) is 33.6 Å². The molecular formula is C30H37ClN6O9. The number of pyridine rings is 1. The van der Waals surface area contributed by atoms with Crippen LogP contribution in [0.3, 0.4) is 0 Å². The van der Waals surface area contributed by atoms with Gasteiger partial charge in [-0.2, -0.15) is 5.06 Å². The zero-order valence-corrected chi connectivity index (χ0v) is 26.6. The average Bonchev–Trinajstić information content (AvgIpc) is 3.06. The van der Waals surface area contributed by atoms with Gasteiger partial charge in [-0.3, -0.25) is 33.8 Å². The van der Waals surface area contributed by atoms with Gasteiger partial charge in [0.1, 0.15) is 17.8 Å². The topological polar surface area (TPSA) is 168 Å². The number of amides is 4. The molecule has 2 aliphatic heterocycles. The Kier molecular flexibility index (Phi) is 12.7. The van der Waals surface area contributed by atoms with Gasteiger partial charge in [0, 0.05) is 63.3 Å². The predicted octanol–water partition coefficient (Wildman–Crippen LogP) is 0.430. The second-order valence-electron chi connectivity index (χ2n) is 10.4. The lowest BCUT2D eigenvalue weighted by molar-refractivity contribution is -0.207. The molecule has 0 radical (unpaired) electrons. The Morgan fingerprint density at radius 1 is 0.935 bits per heavy atom. The maximum Gasteiger partial charge on any atom is 0.329 e. The van der Waals surface area contributed by atoms with Crippen LogP contribution in [0.15, 0.2) is 48.8 Å². The van der Waals surface area contributed by atoms with E-state index in [1.165, 1.54) is 19.2 Å². The first-order valence-electron chi connectivity index (χ1n) is 14.4. The Balaban J connectivity index is 0.00000576. The summed E-state index contributed by atoms with van der Waals surface area (Å²) in [7, 11) is 2.62. The molecule has 0 saturated carbocycles. The highest BCUT2D eigenvalue weighted by Gasteiger charge is 2.43. The standard InChI is InChI=1S/C30H36N6O9.ClH/c1-20(37)45-36-17-16-35(25(30(36)42)19-27(39)44-3)29(41)24(32-28(40)21-4-6-23(43-2)7-5-21)18-26(38)34-14-12-33(13-15-34)22-8-10-31-11-9-22;/h4-11,24-25H,12-19H2,1-3H3,(H,32,40);1H/t24?,25-;/m0./s1. The van der Waals surface area contributed by atoms with Gasteiger partial charge in [-0.25, -0.2) is 0 Å². The molecule has 0 spiro atoms. The first kappa shape index (κ1) is 35.6. The fraction of sp³-hybridized carbons (Fsp3) is 0.433. The van der Waals surface area contributed by atoms with Crippen LogP contribution in [0.5, 0.6) is 5.75 Å². The van der Waals surface area contributed by atoms with Gasteiger partial charge in [0.2, 0.25) is 11.8 Å². The van der Waals surface area contributed by atoms with Gasteiger partial charge >= 0.3 is 11.9 Å². The van der Waals surface area contributed by atoms with E-state index in [-0.39, 0.29) is 43.4 Å². The Hall–Kier alpha value is -4.92. The van der Waals surface area contributed by atoms with Crippen molar-refractivity contribution in [2.45, 2.75) is 31.8 Å². The van der Waals surface area contributed by atoms with E-state index in [0.29, 0.717) is 31.9 Å². The summed E-state index contributed by atoms with van der Waals surface area (Å²) in [6, 6.07) is 7.18. The lowest BCUT2D eigenvalue weighted by atomic mass is 10.0. The quantitative estimate of drug-likeness (QED) is 0.351. The van der Waals surface area contributed by atoms with Crippen LogP contribution in [0, 0.1) is 0 Å². The molecule has 1 unspecified atom stereocenters. The molecular weight excluding hydrogens is 624 g/mol. The van der Waals surface area contributed by atoms with Gasteiger partial charge in [-0.15, -0.1) is 12.4 Å². The molecule has 16 heteroatoms. The molecule has 4 rings (SSSR count). The van der Waals surface area contributed by atoms with Crippen molar-refractivity contribution in [1.82, 2.24) is 25.2 Å². The van der Waals surface area contributed by atoms with E-state index in [0.717, 1.165) is 29.7 Å². The number of hydrogen-bond acceptors (Lipinski definition) is 11. The lowest BCUT2D eigenvalue weighted by Gasteiger charge is -2.40. The molecule has 2 fully saturated rings. The highest BCUT2D eigenvalue weighted by molar-refractivity contribution is 6.00. The summed E-state index contributed by atoms with van der Waals surface area (Å²) in [5.74, 6) is -3.56. The third-order valence-corrected chi connectivity index (χ3v) is 7.56. The average molecular weight is 661 g/mol. The summed E-state index contributed by atoms with van der Waals surface area (Å²) < 4.78 is 9.87. The summed E-state index contributed by atoms with van der Waals surface area (Å²) >= 11 is 0. The molecule has 0 bridgehead atoms. The molecule has 2 saturated heterocycles. The van der Waals surface area contributed by atoms with Crippen molar-refractivity contribution in [3.05, 3.63) is 54.4 Å². The minimum atomic E-state index is -1.39. The van der Waals surface area contributed by atoms with Gasteiger partial charge < -0.3 is 34.3 Å². The third kappa shape index (κ3) is 8.84. The van der Waals surface area contributed by atoms with Crippen molar-refractivity contribution in [2.75, 3.05) is 58.4 Å². The van der Waals surface area contributed by atoms with Crippen LogP contribution >= 0.6 is 12.4 Å². The Bertz CT molecular complexity index is 1400. The van der Waals surface area contributed by atoms with Crippen LogP contribution in [-0.4, -0.2) is 121 Å². The summed E-state index contributed by atoms with van der Waals surface area (Å²) in [6.45, 7) is 2.70. The number of aromatic nitrogens is 1. The van der Waals surface area contributed by atoms with E-state index in [4.69, 9.17) is 14.3 Å². The van der Waals surface area contributed by atoms with E-state index in [1.807, 2.05) is 12.1 Å². The maximum atomic E-state index is 14.1. The van der Waals surface area contributed by atoms with Crippen molar-refractivity contribution in [2.24, 2.45) is 0 Å². The normalized spacial score (nSPS) is 16.9. The molecule has 1 aromatic carbocycles. The van der Waals surface area contributed by atoms with Crippen LogP contribution in [0.1, 0.15) is 30.1 Å². The SMILES string of the molecule is COC(=O)C[C@H]1C(=O)N(OC(C)=O)CCN1C(=O)C(CC(=O)N1CCN(c2ccncc2)CC1)NC(=O)c1ccc(OC)cc1.Cl. The summed E-state index contributed by atoms with van der Waals surface area (Å²) in [4.78, 5) is 91.7. The van der Waals surface area contributed by atoms with Crippen molar-refractivity contribution in [3.8, 4) is 5.75 Å². The van der Waals surface area contributed by atoms with Gasteiger partial charge in [-0.1, -0.05) is 0 Å². The number of esters is 1. The van der Waals surface area contributed by atoms with Crippen LogP contribution in [0.4, 0.5) is 5.69 Å². The summed E-state index contributed by atoms with van der Waals surface area (Å²) in [5.41, 5.74) is 1.19. The van der Waals surface area contributed by atoms with E-state index in [9.17, 15) is 28.8 Å². The smallest absolute Gasteiger partial charge is 0.329 e. The van der Waals surface area contributed by atoms with Crippen LogP contribution in [0.25, 0.3) is 0 Å². The minimum Gasteiger partial charge on any atom is -0.497 e. The third-order valence-electron chi connectivity index (χ3n) is 7.56. The predicted molar refractivity (Wildman–Crippen MR) is 165 cm³/mol. The number of carbonyl (C=O) groups is 6. The summed E-state index contributed by atoms with van der Waals surface area (Å²) in [5, 5.41) is 3.45. The molecule has 248 valence electrons. The largest absolute Gasteiger partial charge is 0.497 e. The number of carbonyl (C=O) groups excluding carboxylic acids is 6. The number of halogens is 1. The molecule has 15 nitrogen and oxygen atoms in total. The van der Waals surface area contributed by atoms with Gasteiger partial charge in [0.15, 0.2) is 0 Å². The fourth-order valence-corrected chi connectivity index (χ4v) is 5.17. The van der Waals surface area contributed by atoms with Crippen molar-refractivity contribution < 1.29 is 43.1 Å². The van der Waals surface area contributed by atoms with Gasteiger partial charge in [-0.05, 0) is 36.4 Å². The summed E-state index contributed by atoms with van der Waals surface area (Å²) in [6.07, 6.45) is 2.47. The van der Waals surface area contributed by atoms with Crippen molar-refractivity contribution in [1.29, 1.82) is 0 Å². The lowest BCUT2D eigenvalue weighted by Crippen LogP contribution is -2.63. The van der Waals surface area contributed by atoms with E-state index < -0.39 is 48.2 Å². The second kappa shape index (κ2) is 16.4. The number of anilines is 1. The molecule has 4 amide bonds. The van der Waals surface area contributed by atoms with E-state index in [1.54, 1.807) is 29.4 Å². The van der Waals surface area contributed by atoms with Crippen LogP contribution in [0.2, 0.25) is 0 Å². The molecule has 1 N–H and O–H groups in total. The number of hydrogen-bond donors (Lipinski definition) is 1. The molecule has 1 aromatic heterocycles. The number of piperazine rings is 2. The zero-order valence-electron chi connectivity index (χ0n) is 25.7. The Morgan fingerprint density at radius 2 is 1.59 bits per heavy atom. The van der Waals surface area contributed by atoms with Crippen LogP contribution in [-0.2, 0) is 33.5 Å².